The van der Waals surface area contributed by atoms with E-state index in [1.807, 2.05) is 41.3 Å². The fourth-order valence-electron chi connectivity index (χ4n) is 4.31. The molecule has 0 aliphatic carbocycles. The maximum atomic E-state index is 13.6. The van der Waals surface area contributed by atoms with Gasteiger partial charge in [0.25, 0.3) is 0 Å². The molecular weight excluding hydrogens is 376 g/mol. The number of benzene rings is 2. The van der Waals surface area contributed by atoms with Crippen molar-refractivity contribution in [2.45, 2.75) is 38.0 Å². The predicted octanol–water partition coefficient (Wildman–Crippen LogP) is 2.34. The Labute approximate surface area is 179 Å². The van der Waals surface area contributed by atoms with Crippen LogP contribution in [0.25, 0.3) is 0 Å². The van der Waals surface area contributed by atoms with Crippen LogP contribution in [-0.2, 0) is 16.1 Å². The molecule has 0 bridgehead atoms. The second-order valence-corrected chi connectivity index (χ2v) is 8.25. The monoisotopic (exact) mass is 408 g/mol. The van der Waals surface area contributed by atoms with Crippen LogP contribution in [0.1, 0.15) is 30.5 Å². The zero-order chi connectivity index (χ0) is 20.8. The van der Waals surface area contributed by atoms with Crippen LogP contribution in [-0.4, -0.2) is 60.6 Å². The standard InChI is InChI=1S/C24H32N4O2/c1-19(17-27-12-14-30-15-13-27)28(18-20-8-4-2-5-9-20)24(29)23-16-22(25-26-23)21-10-6-3-7-11-21/h2-11,19,22-23,25-26H,12-18H2,1H3. The number of hydrazine groups is 1. The number of nitrogens with one attached hydrogen (secondary N) is 2. The molecule has 2 aromatic rings. The summed E-state index contributed by atoms with van der Waals surface area (Å²) in [6.45, 7) is 7.05. The number of rotatable bonds is 7. The lowest BCUT2D eigenvalue weighted by atomic mass is 10.0. The second-order valence-electron chi connectivity index (χ2n) is 8.25. The van der Waals surface area contributed by atoms with Gasteiger partial charge >= 0.3 is 0 Å². The van der Waals surface area contributed by atoms with Crippen molar-refractivity contribution >= 4 is 5.91 Å². The Balaban J connectivity index is 1.46. The van der Waals surface area contributed by atoms with E-state index in [4.69, 9.17) is 4.74 Å². The topological polar surface area (TPSA) is 56.8 Å². The Morgan fingerprint density at radius 3 is 2.43 bits per heavy atom. The van der Waals surface area contributed by atoms with Crippen molar-refractivity contribution in [3.8, 4) is 0 Å². The summed E-state index contributed by atoms with van der Waals surface area (Å²) < 4.78 is 5.48. The molecule has 2 aliphatic heterocycles. The molecule has 6 nitrogen and oxygen atoms in total. The lowest BCUT2D eigenvalue weighted by Crippen LogP contribution is -2.52. The molecule has 3 unspecified atom stereocenters. The molecule has 2 heterocycles. The molecule has 0 radical (unpaired) electrons. The van der Waals surface area contributed by atoms with E-state index < -0.39 is 0 Å². The van der Waals surface area contributed by atoms with Crippen LogP contribution >= 0.6 is 0 Å². The molecule has 3 atom stereocenters. The number of nitrogens with zero attached hydrogens (tertiary/aromatic N) is 2. The largest absolute Gasteiger partial charge is 0.379 e. The van der Waals surface area contributed by atoms with E-state index in [1.54, 1.807) is 0 Å². The fraction of sp³-hybridized carbons (Fsp3) is 0.458. The summed E-state index contributed by atoms with van der Waals surface area (Å²) in [7, 11) is 0. The van der Waals surface area contributed by atoms with E-state index >= 15 is 0 Å². The van der Waals surface area contributed by atoms with Gasteiger partial charge < -0.3 is 9.64 Å². The van der Waals surface area contributed by atoms with Crippen molar-refractivity contribution in [3.05, 3.63) is 71.8 Å². The highest BCUT2D eigenvalue weighted by Gasteiger charge is 2.35. The third-order valence-electron chi connectivity index (χ3n) is 6.04. The van der Waals surface area contributed by atoms with Gasteiger partial charge in [-0.2, -0.15) is 0 Å². The van der Waals surface area contributed by atoms with Crippen LogP contribution in [0.5, 0.6) is 0 Å². The van der Waals surface area contributed by atoms with E-state index in [0.29, 0.717) is 6.54 Å². The number of morpholine rings is 1. The molecule has 4 rings (SSSR count). The van der Waals surface area contributed by atoms with E-state index in [2.05, 4.69) is 46.9 Å². The van der Waals surface area contributed by atoms with Gasteiger partial charge in [0.2, 0.25) is 5.91 Å². The van der Waals surface area contributed by atoms with Crippen molar-refractivity contribution in [1.82, 2.24) is 20.7 Å². The molecule has 0 aromatic heterocycles. The Morgan fingerprint density at radius 2 is 1.73 bits per heavy atom. The lowest BCUT2D eigenvalue weighted by molar-refractivity contribution is -0.136. The van der Waals surface area contributed by atoms with Crippen molar-refractivity contribution in [3.63, 3.8) is 0 Å². The molecule has 2 aliphatic rings. The van der Waals surface area contributed by atoms with E-state index in [-0.39, 0.29) is 24.0 Å². The molecule has 2 saturated heterocycles. The highest BCUT2D eigenvalue weighted by Crippen LogP contribution is 2.24. The maximum Gasteiger partial charge on any atom is 0.241 e. The second kappa shape index (κ2) is 10.2. The molecular formula is C24H32N4O2. The summed E-state index contributed by atoms with van der Waals surface area (Å²) in [5.41, 5.74) is 8.94. The minimum atomic E-state index is -0.231. The first-order valence-corrected chi connectivity index (χ1v) is 10.9. The summed E-state index contributed by atoms with van der Waals surface area (Å²) >= 11 is 0. The van der Waals surface area contributed by atoms with E-state index in [0.717, 1.165) is 44.8 Å². The number of hydrogen-bond donors (Lipinski definition) is 2. The summed E-state index contributed by atoms with van der Waals surface area (Å²) in [5.74, 6) is 0.158. The van der Waals surface area contributed by atoms with Crippen LogP contribution in [0, 0.1) is 0 Å². The molecule has 1 amide bonds. The van der Waals surface area contributed by atoms with Crippen LogP contribution in [0.2, 0.25) is 0 Å². The SMILES string of the molecule is CC(CN1CCOCC1)N(Cc1ccccc1)C(=O)C1CC(c2ccccc2)NN1. The lowest BCUT2D eigenvalue weighted by Gasteiger charge is -2.36. The number of hydrogen-bond acceptors (Lipinski definition) is 5. The highest BCUT2D eigenvalue weighted by atomic mass is 16.5. The average Bonchev–Trinajstić information content (AvgIpc) is 3.29. The average molecular weight is 409 g/mol. The minimum Gasteiger partial charge on any atom is -0.379 e. The fourth-order valence-corrected chi connectivity index (χ4v) is 4.31. The molecule has 160 valence electrons. The van der Waals surface area contributed by atoms with Gasteiger partial charge in [0, 0.05) is 38.3 Å². The predicted molar refractivity (Wildman–Crippen MR) is 118 cm³/mol. The van der Waals surface area contributed by atoms with Gasteiger partial charge in [-0.3, -0.25) is 9.69 Å². The van der Waals surface area contributed by atoms with Crippen molar-refractivity contribution in [2.75, 3.05) is 32.8 Å². The molecule has 0 spiro atoms. The minimum absolute atomic E-state index is 0.119. The zero-order valence-corrected chi connectivity index (χ0v) is 17.7. The van der Waals surface area contributed by atoms with Crippen LogP contribution in [0.3, 0.4) is 0 Å². The number of ether oxygens (including phenoxy) is 1. The first-order chi connectivity index (χ1) is 14.7. The number of carbonyl (C=O) groups excluding carboxylic acids is 1. The zero-order valence-electron chi connectivity index (χ0n) is 17.7. The van der Waals surface area contributed by atoms with Crippen molar-refractivity contribution in [2.24, 2.45) is 0 Å². The van der Waals surface area contributed by atoms with Gasteiger partial charge in [0.1, 0.15) is 6.04 Å². The molecule has 6 heteroatoms. The van der Waals surface area contributed by atoms with Gasteiger partial charge in [0.15, 0.2) is 0 Å². The molecule has 30 heavy (non-hydrogen) atoms. The molecule has 2 aromatic carbocycles. The Morgan fingerprint density at radius 1 is 1.07 bits per heavy atom. The normalized spacial score (nSPS) is 23.2. The van der Waals surface area contributed by atoms with Crippen molar-refractivity contribution < 1.29 is 9.53 Å². The third kappa shape index (κ3) is 5.26. The van der Waals surface area contributed by atoms with E-state index in [1.165, 1.54) is 5.56 Å². The molecule has 0 saturated carbocycles. The Bertz CT molecular complexity index is 795. The number of carbonyl (C=O) groups is 1. The Kier molecular flexibility index (Phi) is 7.12. The molecule has 2 fully saturated rings. The Hall–Kier alpha value is -2.25. The smallest absolute Gasteiger partial charge is 0.241 e. The van der Waals surface area contributed by atoms with Gasteiger partial charge in [-0.25, -0.2) is 10.9 Å². The summed E-state index contributed by atoms with van der Waals surface area (Å²) in [5, 5.41) is 0. The first kappa shape index (κ1) is 21.0. The van der Waals surface area contributed by atoms with Gasteiger partial charge in [-0.05, 0) is 24.5 Å². The molecule has 2 N–H and O–H groups in total. The first-order valence-electron chi connectivity index (χ1n) is 10.9. The quantitative estimate of drug-likeness (QED) is 0.737. The summed E-state index contributed by atoms with van der Waals surface area (Å²) in [4.78, 5) is 18.0. The maximum absolute atomic E-state index is 13.6. The van der Waals surface area contributed by atoms with Gasteiger partial charge in [0.05, 0.1) is 13.2 Å². The van der Waals surface area contributed by atoms with Crippen LogP contribution < -0.4 is 10.9 Å². The van der Waals surface area contributed by atoms with Gasteiger partial charge in [-0.15, -0.1) is 0 Å². The van der Waals surface area contributed by atoms with Gasteiger partial charge in [-0.1, -0.05) is 60.7 Å². The third-order valence-corrected chi connectivity index (χ3v) is 6.04. The van der Waals surface area contributed by atoms with Crippen molar-refractivity contribution in [1.29, 1.82) is 0 Å². The van der Waals surface area contributed by atoms with Crippen LogP contribution in [0.15, 0.2) is 60.7 Å². The summed E-state index contributed by atoms with van der Waals surface area (Å²) in [6.07, 6.45) is 0.748. The summed E-state index contributed by atoms with van der Waals surface area (Å²) in [6, 6.07) is 20.6. The number of amides is 1. The van der Waals surface area contributed by atoms with E-state index in [9.17, 15) is 4.79 Å². The highest BCUT2D eigenvalue weighted by molar-refractivity contribution is 5.82. The van der Waals surface area contributed by atoms with Crippen LogP contribution in [0.4, 0.5) is 0 Å².